The fourth-order valence-corrected chi connectivity index (χ4v) is 0.883. The van der Waals surface area contributed by atoms with Crippen molar-refractivity contribution < 1.29 is 10.2 Å². The first-order chi connectivity index (χ1) is 7.72. The number of hydrogen-bond donors (Lipinski definition) is 3. The first kappa shape index (κ1) is 16.7. The molecule has 0 fully saturated rings. The Morgan fingerprint density at radius 3 is 1.94 bits per heavy atom. The van der Waals surface area contributed by atoms with Crippen molar-refractivity contribution in [2.75, 3.05) is 0 Å². The zero-order chi connectivity index (χ0) is 13.1. The Bertz CT molecular complexity index is 427. The highest BCUT2D eigenvalue weighted by Crippen LogP contribution is 2.19. The maximum absolute atomic E-state index is 9.10. The maximum Gasteiger partial charge on any atom is 0.0872 e. The first-order valence-electron chi connectivity index (χ1n) is 5.55. The topological polar surface area (TPSA) is 69.1 Å². The summed E-state index contributed by atoms with van der Waals surface area (Å²) in [6.07, 6.45) is 1.81. The predicted molar refractivity (Wildman–Crippen MR) is 78.6 cm³/mol. The number of aromatic amines is 1. The van der Waals surface area contributed by atoms with Gasteiger partial charge in [0.05, 0.1) is 31.3 Å². The van der Waals surface area contributed by atoms with Gasteiger partial charge in [0.1, 0.15) is 0 Å². The fourth-order valence-electron chi connectivity index (χ4n) is 0.883. The molecule has 0 amide bonds. The van der Waals surface area contributed by atoms with Crippen LogP contribution in [0.25, 0.3) is 10.9 Å². The molecule has 0 saturated heterocycles. The van der Waals surface area contributed by atoms with Crippen LogP contribution in [0.3, 0.4) is 0 Å². The maximum atomic E-state index is 9.10. The minimum atomic E-state index is -1.01. The number of benzene rings is 1. The largest absolute Gasteiger partial charge is 0.387 e. The average Bonchev–Trinajstić information content (AvgIpc) is 2.62. The second-order valence-electron chi connectivity index (χ2n) is 5.08. The van der Waals surface area contributed by atoms with Gasteiger partial charge < -0.3 is 10.2 Å². The van der Waals surface area contributed by atoms with Crippen LogP contribution in [0.15, 0.2) is 30.5 Å². The molecule has 1 aromatic carbocycles. The molecule has 18 heavy (non-hydrogen) atoms. The summed E-state index contributed by atoms with van der Waals surface area (Å²) in [5.41, 5.74) is -0.919. The number of para-hydroxylation sites is 1. The van der Waals surface area contributed by atoms with Gasteiger partial charge >= 0.3 is 0 Å². The number of hydrogen-bond acceptors (Lipinski definition) is 3. The van der Waals surface area contributed by atoms with E-state index in [2.05, 4.69) is 10.2 Å². The molecule has 100 valence electrons. The van der Waals surface area contributed by atoms with Gasteiger partial charge in [-0.1, -0.05) is 18.2 Å². The van der Waals surface area contributed by atoms with Crippen molar-refractivity contribution in [1.82, 2.24) is 10.2 Å². The molecule has 2 rings (SSSR count). The Labute approximate surface area is 110 Å². The van der Waals surface area contributed by atoms with Gasteiger partial charge in [-0.2, -0.15) is 5.10 Å². The van der Waals surface area contributed by atoms with Crippen LogP contribution in [0, 0.1) is 0 Å². The minimum absolute atomic E-state index is 0. The van der Waals surface area contributed by atoms with Gasteiger partial charge in [-0.3, -0.25) is 5.10 Å². The highest BCUT2D eigenvalue weighted by atomic mass is 16.3. The van der Waals surface area contributed by atoms with Gasteiger partial charge in [-0.25, -0.2) is 0 Å². The molecule has 4 nitrogen and oxygen atoms in total. The molecule has 0 bridgehead atoms. The van der Waals surface area contributed by atoms with E-state index in [1.807, 2.05) is 30.5 Å². The molecule has 2 aromatic rings. The molecule has 0 atom stereocenters. The van der Waals surface area contributed by atoms with Crippen LogP contribution in [0.2, 0.25) is 0 Å². The molecule has 5 heteroatoms. The first-order valence-corrected chi connectivity index (χ1v) is 5.55. The van der Waals surface area contributed by atoms with Gasteiger partial charge in [-0.15, -0.1) is 0 Å². The van der Waals surface area contributed by atoms with Crippen molar-refractivity contribution in [3.05, 3.63) is 30.5 Å². The highest BCUT2D eigenvalue weighted by molar-refractivity contribution is 5.77. The van der Waals surface area contributed by atoms with Gasteiger partial charge in [-0.05, 0) is 33.8 Å². The number of rotatable bonds is 1. The minimum Gasteiger partial charge on any atom is -0.387 e. The van der Waals surface area contributed by atoms with Gasteiger partial charge in [0.15, 0.2) is 0 Å². The Morgan fingerprint density at radius 1 is 1.00 bits per heavy atom. The van der Waals surface area contributed by atoms with Crippen LogP contribution in [0.5, 0.6) is 0 Å². The van der Waals surface area contributed by atoms with E-state index in [1.54, 1.807) is 27.7 Å². The van der Waals surface area contributed by atoms with Crippen molar-refractivity contribution in [2.45, 2.75) is 38.9 Å². The van der Waals surface area contributed by atoms with E-state index in [0.29, 0.717) is 0 Å². The lowest BCUT2D eigenvalue weighted by Gasteiger charge is -2.31. The SMILES string of the molecule is B.CC(C)(O)C(C)(C)O.c1ccc2[nH]ncc2c1. The number of nitrogens with one attached hydrogen (secondary N) is 1. The third-order valence-corrected chi connectivity index (χ3v) is 2.85. The summed E-state index contributed by atoms with van der Waals surface area (Å²) in [5.74, 6) is 0. The monoisotopic (exact) mass is 250 g/mol. The Kier molecular flexibility index (Phi) is 5.58. The summed E-state index contributed by atoms with van der Waals surface area (Å²) >= 11 is 0. The van der Waals surface area contributed by atoms with Crippen LogP contribution in [-0.4, -0.2) is 40.0 Å². The van der Waals surface area contributed by atoms with Crippen molar-refractivity contribution in [1.29, 1.82) is 0 Å². The normalized spacial score (nSPS) is 11.4. The third-order valence-electron chi connectivity index (χ3n) is 2.85. The lowest BCUT2D eigenvalue weighted by Crippen LogP contribution is -2.44. The van der Waals surface area contributed by atoms with Gasteiger partial charge in [0, 0.05) is 5.39 Å². The molecule has 0 saturated carbocycles. The highest BCUT2D eigenvalue weighted by Gasteiger charge is 2.31. The molecule has 3 N–H and O–H groups in total. The van der Waals surface area contributed by atoms with E-state index in [-0.39, 0.29) is 8.41 Å². The van der Waals surface area contributed by atoms with Crippen LogP contribution >= 0.6 is 0 Å². The molecule has 0 aliphatic heterocycles. The Hall–Kier alpha value is -1.33. The van der Waals surface area contributed by atoms with E-state index in [4.69, 9.17) is 10.2 Å². The zero-order valence-electron chi connectivity index (χ0n) is 10.7. The number of aromatic nitrogens is 2. The standard InChI is InChI=1S/C7H6N2.C6H14O2.BH3/c1-2-4-7-6(3-1)5-8-9-7;1-5(2,7)6(3,4)8;/h1-5H,(H,8,9);7-8H,1-4H3;1H3. The van der Waals surface area contributed by atoms with Gasteiger partial charge in [0.2, 0.25) is 0 Å². The van der Waals surface area contributed by atoms with E-state index in [0.717, 1.165) is 10.9 Å². The molecule has 1 heterocycles. The summed E-state index contributed by atoms with van der Waals surface area (Å²) in [4.78, 5) is 0. The predicted octanol–water partition coefficient (Wildman–Crippen LogP) is 0.907. The number of H-pyrrole nitrogens is 1. The van der Waals surface area contributed by atoms with E-state index in [1.165, 1.54) is 0 Å². The van der Waals surface area contributed by atoms with E-state index in [9.17, 15) is 0 Å². The van der Waals surface area contributed by atoms with Crippen LogP contribution < -0.4 is 0 Å². The fraction of sp³-hybridized carbons (Fsp3) is 0.462. The Morgan fingerprint density at radius 2 is 1.50 bits per heavy atom. The molecule has 1 aromatic heterocycles. The van der Waals surface area contributed by atoms with Gasteiger partial charge in [0.25, 0.3) is 0 Å². The number of aliphatic hydroxyl groups is 2. The average molecular weight is 250 g/mol. The molecule has 0 radical (unpaired) electrons. The van der Waals surface area contributed by atoms with Crippen molar-refractivity contribution in [3.63, 3.8) is 0 Å². The second-order valence-corrected chi connectivity index (χ2v) is 5.08. The third kappa shape index (κ3) is 4.51. The smallest absolute Gasteiger partial charge is 0.0872 e. The molecule has 0 spiro atoms. The zero-order valence-corrected chi connectivity index (χ0v) is 10.7. The van der Waals surface area contributed by atoms with Crippen LogP contribution in [-0.2, 0) is 0 Å². The van der Waals surface area contributed by atoms with Crippen molar-refractivity contribution >= 4 is 19.3 Å². The molecule has 0 aliphatic carbocycles. The summed E-state index contributed by atoms with van der Waals surface area (Å²) in [5, 5.41) is 26.1. The molecule has 0 aliphatic rings. The van der Waals surface area contributed by atoms with Crippen LogP contribution in [0.1, 0.15) is 27.7 Å². The molecular formula is C13H23BN2O2. The lowest BCUT2D eigenvalue weighted by atomic mass is 9.90. The summed E-state index contributed by atoms with van der Waals surface area (Å²) in [6.45, 7) is 6.31. The van der Waals surface area contributed by atoms with Crippen molar-refractivity contribution in [3.8, 4) is 0 Å². The van der Waals surface area contributed by atoms with Crippen molar-refractivity contribution in [2.24, 2.45) is 0 Å². The summed E-state index contributed by atoms with van der Waals surface area (Å²) in [6, 6.07) is 8.01. The number of fused-ring (bicyclic) bond motifs is 1. The number of nitrogens with zero attached hydrogens (tertiary/aromatic N) is 1. The summed E-state index contributed by atoms with van der Waals surface area (Å²) < 4.78 is 0. The summed E-state index contributed by atoms with van der Waals surface area (Å²) in [7, 11) is 0. The van der Waals surface area contributed by atoms with E-state index >= 15 is 0 Å². The Balaban J connectivity index is 0.000000308. The second kappa shape index (κ2) is 6.02. The van der Waals surface area contributed by atoms with E-state index < -0.39 is 11.2 Å². The quantitative estimate of drug-likeness (QED) is 0.659. The molecular weight excluding hydrogens is 227 g/mol. The lowest BCUT2D eigenvalue weighted by molar-refractivity contribution is -0.107. The molecule has 0 unspecified atom stereocenters. The van der Waals surface area contributed by atoms with Crippen LogP contribution in [0.4, 0.5) is 0 Å².